The standard InChI is InChI=1S/C10H7BrOS2/c1-13-8-2-6-4-9(11)14-10(6)7(3-8)5-12/h2-5H,1H3. The fraction of sp³-hybridized carbons (Fsp3) is 0.100. The maximum absolute atomic E-state index is 10.9. The maximum Gasteiger partial charge on any atom is 0.151 e. The second-order valence-electron chi connectivity index (χ2n) is 2.80. The Bertz CT molecular complexity index is 490. The molecule has 0 amide bonds. The molecule has 72 valence electrons. The largest absolute Gasteiger partial charge is 0.298 e. The molecule has 2 rings (SSSR count). The molecule has 0 unspecified atom stereocenters. The first-order valence-corrected chi connectivity index (χ1v) is 6.80. The Labute approximate surface area is 98.6 Å². The van der Waals surface area contributed by atoms with Gasteiger partial charge >= 0.3 is 0 Å². The quantitative estimate of drug-likeness (QED) is 0.608. The molecule has 1 nitrogen and oxygen atoms in total. The van der Waals surface area contributed by atoms with Crippen LogP contribution in [0.25, 0.3) is 10.1 Å². The summed E-state index contributed by atoms with van der Waals surface area (Å²) >= 11 is 6.68. The number of carbonyl (C=O) groups is 1. The van der Waals surface area contributed by atoms with Crippen LogP contribution in [-0.4, -0.2) is 12.5 Å². The molecule has 0 saturated carbocycles. The van der Waals surface area contributed by atoms with Crippen LogP contribution < -0.4 is 0 Å². The number of aldehydes is 1. The minimum Gasteiger partial charge on any atom is -0.298 e. The zero-order valence-corrected chi connectivity index (χ0v) is 10.6. The Morgan fingerprint density at radius 2 is 2.21 bits per heavy atom. The molecule has 4 heteroatoms. The smallest absolute Gasteiger partial charge is 0.151 e. The number of fused-ring (bicyclic) bond motifs is 1. The summed E-state index contributed by atoms with van der Waals surface area (Å²) in [6, 6.07) is 6.09. The second-order valence-corrected chi connectivity index (χ2v) is 6.11. The first-order valence-electron chi connectivity index (χ1n) is 3.97. The van der Waals surface area contributed by atoms with Gasteiger partial charge in [-0.1, -0.05) is 0 Å². The first-order chi connectivity index (χ1) is 6.74. The van der Waals surface area contributed by atoms with Gasteiger partial charge in [-0.2, -0.15) is 0 Å². The molecule has 0 atom stereocenters. The molecule has 0 saturated heterocycles. The highest BCUT2D eigenvalue weighted by molar-refractivity contribution is 9.11. The van der Waals surface area contributed by atoms with E-state index in [-0.39, 0.29) is 0 Å². The van der Waals surface area contributed by atoms with Gasteiger partial charge in [-0.15, -0.1) is 23.1 Å². The SMILES string of the molecule is CSc1cc(C=O)c2sc(Br)cc2c1. The van der Waals surface area contributed by atoms with Crippen molar-refractivity contribution in [2.24, 2.45) is 0 Å². The van der Waals surface area contributed by atoms with Crippen LogP contribution in [0.1, 0.15) is 10.4 Å². The predicted molar refractivity (Wildman–Crippen MR) is 66.7 cm³/mol. The Morgan fingerprint density at radius 3 is 2.86 bits per heavy atom. The van der Waals surface area contributed by atoms with Gasteiger partial charge in [0.25, 0.3) is 0 Å². The summed E-state index contributed by atoms with van der Waals surface area (Å²) < 4.78 is 2.12. The highest BCUT2D eigenvalue weighted by atomic mass is 79.9. The molecule has 1 aromatic heterocycles. The lowest BCUT2D eigenvalue weighted by Crippen LogP contribution is -1.80. The Kier molecular flexibility index (Phi) is 2.95. The summed E-state index contributed by atoms with van der Waals surface area (Å²) in [5.41, 5.74) is 0.780. The summed E-state index contributed by atoms with van der Waals surface area (Å²) in [7, 11) is 0. The van der Waals surface area contributed by atoms with Gasteiger partial charge < -0.3 is 0 Å². The van der Waals surface area contributed by atoms with Crippen LogP contribution in [0.15, 0.2) is 26.9 Å². The minimum atomic E-state index is 0.780. The molecule has 0 aliphatic rings. The summed E-state index contributed by atoms with van der Waals surface area (Å²) in [6.07, 6.45) is 2.93. The number of benzene rings is 1. The molecule has 0 radical (unpaired) electrons. The van der Waals surface area contributed by atoms with Crippen LogP contribution in [-0.2, 0) is 0 Å². The molecule has 1 aromatic carbocycles. The van der Waals surface area contributed by atoms with Crippen molar-refractivity contribution in [3.63, 3.8) is 0 Å². The maximum atomic E-state index is 10.9. The van der Waals surface area contributed by atoms with Crippen molar-refractivity contribution >= 4 is 55.4 Å². The number of hydrogen-bond acceptors (Lipinski definition) is 3. The van der Waals surface area contributed by atoms with Crippen molar-refractivity contribution in [2.45, 2.75) is 4.90 Å². The molecular formula is C10H7BrOS2. The lowest BCUT2D eigenvalue weighted by Gasteiger charge is -1.98. The van der Waals surface area contributed by atoms with Gasteiger partial charge in [-0.3, -0.25) is 4.79 Å². The summed E-state index contributed by atoms with van der Waals surface area (Å²) in [5, 5.41) is 1.14. The van der Waals surface area contributed by atoms with Crippen molar-refractivity contribution < 1.29 is 4.79 Å². The molecular weight excluding hydrogens is 280 g/mol. The van der Waals surface area contributed by atoms with Gasteiger partial charge in [0.05, 0.1) is 3.79 Å². The van der Waals surface area contributed by atoms with E-state index in [9.17, 15) is 4.79 Å². The van der Waals surface area contributed by atoms with Crippen LogP contribution in [0.2, 0.25) is 0 Å². The normalized spacial score (nSPS) is 10.7. The van der Waals surface area contributed by atoms with Crippen molar-refractivity contribution in [3.8, 4) is 0 Å². The van der Waals surface area contributed by atoms with Crippen LogP contribution in [0.4, 0.5) is 0 Å². The monoisotopic (exact) mass is 286 g/mol. The first kappa shape index (κ1) is 10.2. The number of hydrogen-bond donors (Lipinski definition) is 0. The Morgan fingerprint density at radius 1 is 1.43 bits per heavy atom. The molecule has 0 bridgehead atoms. The van der Waals surface area contributed by atoms with Gasteiger partial charge in [0.15, 0.2) is 6.29 Å². The van der Waals surface area contributed by atoms with Gasteiger partial charge in [-0.05, 0) is 45.8 Å². The van der Waals surface area contributed by atoms with Crippen LogP contribution in [0.5, 0.6) is 0 Å². The minimum absolute atomic E-state index is 0.780. The van der Waals surface area contributed by atoms with Gasteiger partial charge in [0.1, 0.15) is 0 Å². The summed E-state index contributed by atoms with van der Waals surface area (Å²) in [5.74, 6) is 0. The van der Waals surface area contributed by atoms with Crippen molar-refractivity contribution in [2.75, 3.05) is 6.26 Å². The number of thiophene rings is 1. The molecule has 1 heterocycles. The van der Waals surface area contributed by atoms with Crippen molar-refractivity contribution in [1.29, 1.82) is 0 Å². The lowest BCUT2D eigenvalue weighted by molar-refractivity contribution is 0.112. The lowest BCUT2D eigenvalue weighted by atomic mass is 10.2. The highest BCUT2D eigenvalue weighted by Crippen LogP contribution is 2.34. The van der Waals surface area contributed by atoms with Crippen molar-refractivity contribution in [3.05, 3.63) is 27.5 Å². The molecule has 14 heavy (non-hydrogen) atoms. The molecule has 0 aliphatic carbocycles. The molecule has 0 spiro atoms. The third kappa shape index (κ3) is 1.74. The van der Waals surface area contributed by atoms with Gasteiger partial charge in [-0.25, -0.2) is 0 Å². The third-order valence-electron chi connectivity index (χ3n) is 1.95. The Balaban J connectivity index is 2.78. The number of carbonyl (C=O) groups excluding carboxylic acids is 1. The highest BCUT2D eigenvalue weighted by Gasteiger charge is 2.06. The fourth-order valence-corrected chi connectivity index (χ4v) is 3.39. The zero-order valence-electron chi connectivity index (χ0n) is 7.41. The average Bonchev–Trinajstić information content (AvgIpc) is 2.56. The van der Waals surface area contributed by atoms with E-state index in [1.54, 1.807) is 23.1 Å². The van der Waals surface area contributed by atoms with E-state index in [2.05, 4.69) is 22.0 Å². The van der Waals surface area contributed by atoms with Crippen LogP contribution in [0.3, 0.4) is 0 Å². The predicted octanol–water partition coefficient (Wildman–Crippen LogP) is 4.20. The third-order valence-corrected chi connectivity index (χ3v) is 4.36. The van der Waals surface area contributed by atoms with E-state index in [1.165, 1.54) is 0 Å². The van der Waals surface area contributed by atoms with E-state index in [4.69, 9.17) is 0 Å². The zero-order chi connectivity index (χ0) is 10.1. The molecule has 0 N–H and O–H groups in total. The van der Waals surface area contributed by atoms with E-state index in [1.807, 2.05) is 18.4 Å². The molecule has 0 fully saturated rings. The molecule has 0 aliphatic heterocycles. The van der Waals surface area contributed by atoms with Gasteiger partial charge in [0.2, 0.25) is 0 Å². The van der Waals surface area contributed by atoms with E-state index < -0.39 is 0 Å². The van der Waals surface area contributed by atoms with E-state index in [0.717, 1.165) is 30.6 Å². The number of rotatable bonds is 2. The number of halogens is 1. The summed E-state index contributed by atoms with van der Waals surface area (Å²) in [6.45, 7) is 0. The van der Waals surface area contributed by atoms with Crippen LogP contribution >= 0.6 is 39.0 Å². The summed E-state index contributed by atoms with van der Waals surface area (Å²) in [4.78, 5) is 12.0. The topological polar surface area (TPSA) is 17.1 Å². The second kappa shape index (κ2) is 4.04. The number of thioether (sulfide) groups is 1. The van der Waals surface area contributed by atoms with E-state index >= 15 is 0 Å². The fourth-order valence-electron chi connectivity index (χ4n) is 1.33. The molecule has 2 aromatic rings. The average molecular weight is 287 g/mol. The van der Waals surface area contributed by atoms with Crippen LogP contribution in [0, 0.1) is 0 Å². The van der Waals surface area contributed by atoms with E-state index in [0.29, 0.717) is 0 Å². The van der Waals surface area contributed by atoms with Crippen molar-refractivity contribution in [1.82, 2.24) is 0 Å². The Hall–Kier alpha value is -0.320. The van der Waals surface area contributed by atoms with Gasteiger partial charge in [0, 0.05) is 15.2 Å².